The van der Waals surface area contributed by atoms with Crippen LogP contribution in [0, 0.1) is 0 Å². The van der Waals surface area contributed by atoms with E-state index >= 15 is 0 Å². The van der Waals surface area contributed by atoms with Crippen molar-refractivity contribution in [2.75, 3.05) is 12.4 Å². The molecule has 0 atom stereocenters. The molecule has 1 N–H and O–H groups in total. The predicted octanol–water partition coefficient (Wildman–Crippen LogP) is 5.41. The molecule has 4 nitrogen and oxygen atoms in total. The number of hydrogen-bond donors (Lipinski definition) is 1. The summed E-state index contributed by atoms with van der Waals surface area (Å²) in [5.74, 6) is -0.356. The lowest BCUT2D eigenvalue weighted by Gasteiger charge is -2.31. The van der Waals surface area contributed by atoms with Crippen molar-refractivity contribution in [3.8, 4) is 0 Å². The predicted molar refractivity (Wildman–Crippen MR) is 107 cm³/mol. The van der Waals surface area contributed by atoms with E-state index in [1.54, 1.807) is 12.1 Å². The van der Waals surface area contributed by atoms with Crippen molar-refractivity contribution in [2.45, 2.75) is 44.7 Å². The number of nitrogens with zero attached hydrogens (tertiary/aromatic N) is 2. The van der Waals surface area contributed by atoms with Crippen LogP contribution in [-0.4, -0.2) is 28.9 Å². The van der Waals surface area contributed by atoms with E-state index in [9.17, 15) is 4.79 Å². The molecular weight excluding hydrogens is 369 g/mol. The molecule has 1 saturated carbocycles. The van der Waals surface area contributed by atoms with E-state index in [1.807, 2.05) is 24.3 Å². The van der Waals surface area contributed by atoms with Gasteiger partial charge in [-0.15, -0.1) is 0 Å². The molecule has 0 spiro atoms. The molecule has 138 valence electrons. The molecule has 3 rings (SSSR count). The summed E-state index contributed by atoms with van der Waals surface area (Å²) in [6.07, 6.45) is 6.42. The highest BCUT2D eigenvalue weighted by Crippen LogP contribution is 2.25. The van der Waals surface area contributed by atoms with Crippen LogP contribution >= 0.6 is 23.2 Å². The van der Waals surface area contributed by atoms with E-state index in [0.29, 0.717) is 6.04 Å². The lowest BCUT2D eigenvalue weighted by Crippen LogP contribution is -2.33. The number of aromatic nitrogens is 1. The lowest BCUT2D eigenvalue weighted by atomic mass is 9.94. The molecule has 1 aromatic carbocycles. The molecule has 6 heteroatoms. The van der Waals surface area contributed by atoms with Crippen molar-refractivity contribution in [3.63, 3.8) is 0 Å². The SMILES string of the molecule is CN(Cc1ccccc1NC(=O)c1nc(Cl)ccc1Cl)C1CCCCC1. The van der Waals surface area contributed by atoms with E-state index in [2.05, 4.69) is 22.2 Å². The number of carbonyl (C=O) groups excluding carboxylic acids is 1. The summed E-state index contributed by atoms with van der Waals surface area (Å²) < 4.78 is 0. The van der Waals surface area contributed by atoms with Crippen LogP contribution in [0.15, 0.2) is 36.4 Å². The van der Waals surface area contributed by atoms with Crippen molar-refractivity contribution < 1.29 is 4.79 Å². The molecule has 0 saturated heterocycles. The second-order valence-electron chi connectivity index (χ2n) is 6.78. The van der Waals surface area contributed by atoms with Crippen molar-refractivity contribution in [3.05, 3.63) is 57.8 Å². The molecule has 0 unspecified atom stereocenters. The Morgan fingerprint density at radius 1 is 1.15 bits per heavy atom. The first kappa shape index (κ1) is 19.2. The highest BCUT2D eigenvalue weighted by Gasteiger charge is 2.20. The molecule has 1 heterocycles. The number of amides is 1. The maximum atomic E-state index is 12.6. The number of benzene rings is 1. The van der Waals surface area contributed by atoms with E-state index in [-0.39, 0.29) is 21.8 Å². The minimum Gasteiger partial charge on any atom is -0.320 e. The number of halogens is 2. The van der Waals surface area contributed by atoms with Crippen molar-refractivity contribution in [1.82, 2.24) is 9.88 Å². The first-order valence-electron chi connectivity index (χ1n) is 8.96. The third-order valence-corrected chi connectivity index (χ3v) is 5.43. The Labute approximate surface area is 164 Å². The Kier molecular flexibility index (Phi) is 6.52. The third kappa shape index (κ3) is 4.76. The summed E-state index contributed by atoms with van der Waals surface area (Å²) >= 11 is 12.0. The maximum Gasteiger partial charge on any atom is 0.275 e. The van der Waals surface area contributed by atoms with Crippen molar-refractivity contribution in [2.24, 2.45) is 0 Å². The average molecular weight is 392 g/mol. The zero-order valence-electron chi connectivity index (χ0n) is 14.8. The van der Waals surface area contributed by atoms with Crippen LogP contribution in [0.4, 0.5) is 5.69 Å². The normalized spacial score (nSPS) is 15.2. The lowest BCUT2D eigenvalue weighted by molar-refractivity contribution is 0.102. The zero-order chi connectivity index (χ0) is 18.5. The molecule has 1 aliphatic carbocycles. The number of nitrogens with one attached hydrogen (secondary N) is 1. The van der Waals surface area contributed by atoms with Gasteiger partial charge in [-0.1, -0.05) is 60.7 Å². The van der Waals surface area contributed by atoms with Crippen molar-refractivity contribution in [1.29, 1.82) is 0 Å². The Balaban J connectivity index is 1.74. The Bertz CT molecular complexity index is 775. The third-order valence-electron chi connectivity index (χ3n) is 4.91. The molecule has 1 aromatic heterocycles. The summed E-state index contributed by atoms with van der Waals surface area (Å²) in [7, 11) is 2.16. The Morgan fingerprint density at radius 2 is 1.88 bits per heavy atom. The van der Waals surface area contributed by atoms with Crippen LogP contribution in [-0.2, 0) is 6.54 Å². The maximum absolute atomic E-state index is 12.6. The van der Waals surface area contributed by atoms with E-state index < -0.39 is 0 Å². The van der Waals surface area contributed by atoms with Crippen LogP contribution < -0.4 is 5.32 Å². The van der Waals surface area contributed by atoms with Crippen LogP contribution in [0.25, 0.3) is 0 Å². The molecule has 0 bridgehead atoms. The second-order valence-corrected chi connectivity index (χ2v) is 7.58. The number of pyridine rings is 1. The van der Waals surface area contributed by atoms with Crippen LogP contribution in [0.3, 0.4) is 0 Å². The molecule has 1 aliphatic rings. The van der Waals surface area contributed by atoms with E-state index in [1.165, 1.54) is 32.1 Å². The fraction of sp³-hybridized carbons (Fsp3) is 0.400. The van der Waals surface area contributed by atoms with Gasteiger partial charge in [-0.2, -0.15) is 0 Å². The molecule has 26 heavy (non-hydrogen) atoms. The van der Waals surface area contributed by atoms with E-state index in [4.69, 9.17) is 23.2 Å². The molecule has 0 radical (unpaired) electrons. The number of anilines is 1. The van der Waals surface area contributed by atoms with Gasteiger partial charge in [0, 0.05) is 18.3 Å². The van der Waals surface area contributed by atoms with Gasteiger partial charge >= 0.3 is 0 Å². The number of rotatable bonds is 5. The number of carbonyl (C=O) groups is 1. The highest BCUT2D eigenvalue weighted by molar-refractivity contribution is 6.35. The monoisotopic (exact) mass is 391 g/mol. The summed E-state index contributed by atoms with van der Waals surface area (Å²) in [4.78, 5) is 19.0. The summed E-state index contributed by atoms with van der Waals surface area (Å²) in [5.41, 5.74) is 1.99. The largest absolute Gasteiger partial charge is 0.320 e. The molecule has 1 amide bonds. The molecule has 0 aliphatic heterocycles. The first-order valence-corrected chi connectivity index (χ1v) is 9.71. The smallest absolute Gasteiger partial charge is 0.275 e. The minimum atomic E-state index is -0.356. The van der Waals surface area contributed by atoms with Crippen molar-refractivity contribution >= 4 is 34.8 Å². The van der Waals surface area contributed by atoms with Gasteiger partial charge in [-0.05, 0) is 43.7 Å². The zero-order valence-corrected chi connectivity index (χ0v) is 16.4. The molecular formula is C20H23Cl2N3O. The number of para-hydroxylation sites is 1. The number of hydrogen-bond acceptors (Lipinski definition) is 3. The summed E-state index contributed by atoms with van der Waals surface area (Å²) in [5, 5.41) is 3.45. The van der Waals surface area contributed by atoms with Gasteiger partial charge in [-0.25, -0.2) is 4.98 Å². The summed E-state index contributed by atoms with van der Waals surface area (Å²) in [6.45, 7) is 0.790. The molecule has 1 fully saturated rings. The van der Waals surface area contributed by atoms with Gasteiger partial charge in [0.2, 0.25) is 0 Å². The summed E-state index contributed by atoms with van der Waals surface area (Å²) in [6, 6.07) is 11.6. The fourth-order valence-electron chi connectivity index (χ4n) is 3.46. The van der Waals surface area contributed by atoms with Crippen LogP contribution in [0.2, 0.25) is 10.2 Å². The quantitative estimate of drug-likeness (QED) is 0.693. The average Bonchev–Trinajstić information content (AvgIpc) is 2.66. The van der Waals surface area contributed by atoms with Gasteiger partial charge < -0.3 is 5.32 Å². The van der Waals surface area contributed by atoms with Gasteiger partial charge in [0.1, 0.15) is 10.8 Å². The van der Waals surface area contributed by atoms with Gasteiger partial charge in [0.25, 0.3) is 5.91 Å². The molecule has 2 aromatic rings. The second kappa shape index (κ2) is 8.85. The Hall–Kier alpha value is -1.62. The standard InChI is InChI=1S/C20H23Cl2N3O/c1-25(15-8-3-2-4-9-15)13-14-7-5-6-10-17(14)23-20(26)19-16(21)11-12-18(22)24-19/h5-7,10-12,15H,2-4,8-9,13H2,1H3,(H,23,26). The van der Waals surface area contributed by atoms with Gasteiger partial charge in [0.15, 0.2) is 0 Å². The fourth-order valence-corrected chi connectivity index (χ4v) is 3.80. The highest BCUT2D eigenvalue weighted by atomic mass is 35.5. The Morgan fingerprint density at radius 3 is 2.65 bits per heavy atom. The van der Waals surface area contributed by atoms with Crippen LogP contribution in [0.1, 0.15) is 48.2 Å². The minimum absolute atomic E-state index is 0.134. The first-order chi connectivity index (χ1) is 12.5. The van der Waals surface area contributed by atoms with E-state index in [0.717, 1.165) is 17.8 Å². The van der Waals surface area contributed by atoms with Crippen LogP contribution in [0.5, 0.6) is 0 Å². The topological polar surface area (TPSA) is 45.2 Å². The van der Waals surface area contributed by atoms with Gasteiger partial charge in [0.05, 0.1) is 5.02 Å². The van der Waals surface area contributed by atoms with Gasteiger partial charge in [-0.3, -0.25) is 9.69 Å².